The Bertz CT molecular complexity index is 1110. The van der Waals surface area contributed by atoms with Gasteiger partial charge in [-0.25, -0.2) is 25.6 Å². The van der Waals surface area contributed by atoms with Crippen LogP contribution in [-0.4, -0.2) is 41.3 Å². The first-order valence-corrected chi connectivity index (χ1v) is 12.2. The average molecular weight is 461 g/mol. The van der Waals surface area contributed by atoms with Crippen molar-refractivity contribution in [2.45, 2.75) is 35.5 Å². The summed E-state index contributed by atoms with van der Waals surface area (Å²) in [4.78, 5) is -1.30. The molecule has 1 aliphatic heterocycles. The van der Waals surface area contributed by atoms with E-state index < -0.39 is 36.6 Å². The minimum Gasteiger partial charge on any atom is -0.495 e. The number of nitrogens with one attached hydrogen (secondary N) is 1. The Morgan fingerprint density at radius 2 is 1.53 bits per heavy atom. The quantitative estimate of drug-likeness (QED) is 0.714. The normalized spacial score (nSPS) is 16.1. The molecule has 1 heterocycles. The van der Waals surface area contributed by atoms with Gasteiger partial charge in [-0.15, -0.1) is 0 Å². The molecule has 0 aliphatic carbocycles. The van der Waals surface area contributed by atoms with E-state index in [2.05, 4.69) is 0 Å². The van der Waals surface area contributed by atoms with Crippen LogP contribution in [0.3, 0.4) is 0 Å². The molecule has 1 saturated heterocycles. The maximum atomic E-state index is 14.0. The van der Waals surface area contributed by atoms with Gasteiger partial charge < -0.3 is 4.74 Å². The molecule has 164 valence electrons. The highest BCUT2D eigenvalue weighted by atomic mass is 32.2. The topological polar surface area (TPSA) is 92.8 Å². The van der Waals surface area contributed by atoms with E-state index in [0.29, 0.717) is 13.1 Å². The van der Waals surface area contributed by atoms with Crippen molar-refractivity contribution < 1.29 is 30.4 Å². The van der Waals surface area contributed by atoms with E-state index in [0.717, 1.165) is 49.9 Å². The second-order valence-electron chi connectivity index (χ2n) is 6.84. The molecule has 1 N–H and O–H groups in total. The molecule has 3 rings (SSSR count). The number of sulfonamides is 2. The molecule has 11 heteroatoms. The van der Waals surface area contributed by atoms with E-state index >= 15 is 0 Å². The fourth-order valence-electron chi connectivity index (χ4n) is 3.29. The lowest BCUT2D eigenvalue weighted by Gasteiger charge is -2.21. The number of ether oxygens (including phenoxy) is 1. The Balaban J connectivity index is 2.01. The molecular weight excluding hydrogens is 438 g/mol. The maximum absolute atomic E-state index is 14.0. The van der Waals surface area contributed by atoms with E-state index in [1.165, 1.54) is 23.5 Å². The Morgan fingerprint density at radius 3 is 2.10 bits per heavy atom. The molecule has 0 amide bonds. The van der Waals surface area contributed by atoms with Crippen LogP contribution in [-0.2, 0) is 20.0 Å². The third-order valence-corrected chi connectivity index (χ3v) is 8.12. The van der Waals surface area contributed by atoms with Crippen molar-refractivity contribution in [1.29, 1.82) is 0 Å². The molecule has 0 aromatic heterocycles. The number of methoxy groups -OCH3 is 1. The number of nitrogens with zero attached hydrogens (tertiary/aromatic N) is 1. The zero-order valence-electron chi connectivity index (χ0n) is 16.3. The average Bonchev–Trinajstić information content (AvgIpc) is 2.97. The SMILES string of the molecule is COc1ccc(S(=O)(=O)N2CCCCCC2)cc1NS(=O)(=O)c1c(F)cccc1F. The number of hydrogen-bond acceptors (Lipinski definition) is 5. The third kappa shape index (κ3) is 4.57. The van der Waals surface area contributed by atoms with Gasteiger partial charge in [0.25, 0.3) is 10.0 Å². The summed E-state index contributed by atoms with van der Waals surface area (Å²) in [5, 5.41) is 0. The standard InChI is InChI=1S/C19H22F2N2O5S2/c1-28-18-10-9-14(30(26,27)23-11-4-2-3-5-12-23)13-17(18)22-29(24,25)19-15(20)7-6-8-16(19)21/h6-10,13,22H,2-5,11-12H2,1H3. The van der Waals surface area contributed by atoms with Crippen LogP contribution >= 0.6 is 0 Å². The molecule has 0 bridgehead atoms. The van der Waals surface area contributed by atoms with Gasteiger partial charge in [-0.05, 0) is 43.2 Å². The Hall–Kier alpha value is -2.24. The van der Waals surface area contributed by atoms with Gasteiger partial charge in [-0.3, -0.25) is 4.72 Å². The molecule has 1 aliphatic rings. The predicted molar refractivity (Wildman–Crippen MR) is 107 cm³/mol. The minimum absolute atomic E-state index is 0.00476. The third-order valence-electron chi connectivity index (χ3n) is 4.81. The van der Waals surface area contributed by atoms with Gasteiger partial charge in [0.1, 0.15) is 17.4 Å². The van der Waals surface area contributed by atoms with E-state index in [1.54, 1.807) is 0 Å². The molecular formula is C19H22F2N2O5S2. The number of anilines is 1. The van der Waals surface area contributed by atoms with Crippen molar-refractivity contribution in [1.82, 2.24) is 4.31 Å². The van der Waals surface area contributed by atoms with Crippen molar-refractivity contribution in [3.05, 3.63) is 48.0 Å². The fraction of sp³-hybridized carbons (Fsp3) is 0.368. The molecule has 0 saturated carbocycles. The Labute approximate surface area is 174 Å². The van der Waals surface area contributed by atoms with Crippen LogP contribution in [0.4, 0.5) is 14.5 Å². The first-order chi connectivity index (χ1) is 14.2. The summed E-state index contributed by atoms with van der Waals surface area (Å²) < 4.78 is 87.8. The number of halogens is 2. The lowest BCUT2D eigenvalue weighted by Crippen LogP contribution is -2.32. The summed E-state index contributed by atoms with van der Waals surface area (Å²) in [5.74, 6) is -2.53. The van der Waals surface area contributed by atoms with Crippen molar-refractivity contribution in [3.63, 3.8) is 0 Å². The molecule has 1 fully saturated rings. The van der Waals surface area contributed by atoms with Crippen LogP contribution in [0.5, 0.6) is 5.75 Å². The van der Waals surface area contributed by atoms with E-state index in [4.69, 9.17) is 4.74 Å². The smallest absolute Gasteiger partial charge is 0.267 e. The van der Waals surface area contributed by atoms with E-state index in [1.807, 2.05) is 4.72 Å². The van der Waals surface area contributed by atoms with Gasteiger partial charge in [-0.2, -0.15) is 4.31 Å². The Morgan fingerprint density at radius 1 is 0.933 bits per heavy atom. The number of rotatable bonds is 6. The van der Waals surface area contributed by atoms with Gasteiger partial charge >= 0.3 is 0 Å². The highest BCUT2D eigenvalue weighted by Crippen LogP contribution is 2.32. The van der Waals surface area contributed by atoms with Gasteiger partial charge in [0.15, 0.2) is 4.90 Å². The monoisotopic (exact) mass is 460 g/mol. The van der Waals surface area contributed by atoms with Crippen molar-refractivity contribution in [3.8, 4) is 5.75 Å². The summed E-state index contributed by atoms with van der Waals surface area (Å²) in [6.07, 6.45) is 3.35. The summed E-state index contributed by atoms with van der Waals surface area (Å²) in [6, 6.07) is 6.36. The molecule has 7 nitrogen and oxygen atoms in total. The minimum atomic E-state index is -4.69. The van der Waals surface area contributed by atoms with Crippen molar-refractivity contribution in [2.24, 2.45) is 0 Å². The van der Waals surface area contributed by atoms with E-state index in [9.17, 15) is 25.6 Å². The lowest BCUT2D eigenvalue weighted by atomic mass is 10.2. The highest BCUT2D eigenvalue weighted by molar-refractivity contribution is 7.92. The molecule has 0 radical (unpaired) electrons. The Kier molecular flexibility index (Phi) is 6.63. The number of benzene rings is 2. The molecule has 2 aromatic rings. The highest BCUT2D eigenvalue weighted by Gasteiger charge is 2.28. The zero-order valence-corrected chi connectivity index (χ0v) is 17.9. The van der Waals surface area contributed by atoms with Crippen LogP contribution in [0, 0.1) is 11.6 Å². The predicted octanol–water partition coefficient (Wildman–Crippen LogP) is 3.34. The summed E-state index contributed by atoms with van der Waals surface area (Å²) in [6.45, 7) is 0.742. The molecule has 0 unspecified atom stereocenters. The van der Waals surface area contributed by atoms with Crippen molar-refractivity contribution in [2.75, 3.05) is 24.9 Å². The van der Waals surface area contributed by atoms with Crippen LogP contribution in [0.1, 0.15) is 25.7 Å². The molecule has 0 atom stereocenters. The lowest BCUT2D eigenvalue weighted by molar-refractivity contribution is 0.415. The molecule has 30 heavy (non-hydrogen) atoms. The fourth-order valence-corrected chi connectivity index (χ4v) is 6.04. The maximum Gasteiger partial charge on any atom is 0.267 e. The largest absolute Gasteiger partial charge is 0.495 e. The van der Waals surface area contributed by atoms with Crippen molar-refractivity contribution >= 4 is 25.7 Å². The van der Waals surface area contributed by atoms with Crippen LogP contribution in [0.2, 0.25) is 0 Å². The van der Waals surface area contributed by atoms with Gasteiger partial charge in [-0.1, -0.05) is 18.9 Å². The first-order valence-electron chi connectivity index (χ1n) is 9.32. The summed E-state index contributed by atoms with van der Waals surface area (Å²) >= 11 is 0. The molecule has 0 spiro atoms. The van der Waals surface area contributed by atoms with Gasteiger partial charge in [0, 0.05) is 13.1 Å². The number of hydrogen-bond donors (Lipinski definition) is 1. The summed E-state index contributed by atoms with van der Waals surface area (Å²) in [5.41, 5.74) is -0.240. The molecule has 2 aromatic carbocycles. The van der Waals surface area contributed by atoms with Gasteiger partial charge in [0.2, 0.25) is 10.0 Å². The second kappa shape index (κ2) is 8.86. The first kappa shape index (κ1) is 22.4. The van der Waals surface area contributed by atoms with E-state index in [-0.39, 0.29) is 16.3 Å². The zero-order chi connectivity index (χ0) is 21.9. The van der Waals surface area contributed by atoms with Gasteiger partial charge in [0.05, 0.1) is 17.7 Å². The second-order valence-corrected chi connectivity index (χ2v) is 10.4. The van der Waals surface area contributed by atoms with Crippen LogP contribution in [0.25, 0.3) is 0 Å². The summed E-state index contributed by atoms with van der Waals surface area (Å²) in [7, 11) is -7.30. The van der Waals surface area contributed by atoms with Crippen LogP contribution in [0.15, 0.2) is 46.2 Å². The van der Waals surface area contributed by atoms with Crippen LogP contribution < -0.4 is 9.46 Å².